The summed E-state index contributed by atoms with van der Waals surface area (Å²) in [7, 11) is 1.94. The number of pyridine rings is 1. The van der Waals surface area contributed by atoms with Gasteiger partial charge in [-0.3, -0.25) is 4.79 Å². The van der Waals surface area contributed by atoms with Gasteiger partial charge in [0.1, 0.15) is 5.69 Å². The van der Waals surface area contributed by atoms with Gasteiger partial charge in [0.15, 0.2) is 18.9 Å². The van der Waals surface area contributed by atoms with Crippen molar-refractivity contribution in [2.75, 3.05) is 0 Å². The number of alkyl halides is 3. The van der Waals surface area contributed by atoms with Crippen LogP contribution in [-0.2, 0) is 23.2 Å². The van der Waals surface area contributed by atoms with Crippen LogP contribution in [0.3, 0.4) is 0 Å². The first kappa shape index (κ1) is 20.1. The Hall–Kier alpha value is -2.91. The number of halogens is 3. The van der Waals surface area contributed by atoms with Crippen molar-refractivity contribution in [2.24, 2.45) is 7.05 Å². The van der Waals surface area contributed by atoms with Crippen LogP contribution in [0.1, 0.15) is 24.1 Å². The quantitative estimate of drug-likeness (QED) is 0.807. The summed E-state index contributed by atoms with van der Waals surface area (Å²) in [6.45, 7) is 2.36. The number of aromatic nitrogens is 3. The first-order chi connectivity index (χ1) is 11.5. The van der Waals surface area contributed by atoms with Crippen LogP contribution in [0.25, 0.3) is 0 Å². The van der Waals surface area contributed by atoms with Crippen LogP contribution in [-0.4, -0.2) is 37.9 Å². The fraction of sp³-hybridized carbons (Fsp3) is 0.333. The second-order valence-electron chi connectivity index (χ2n) is 5.17. The van der Waals surface area contributed by atoms with Crippen LogP contribution < -0.4 is 4.57 Å². The lowest BCUT2D eigenvalue weighted by Gasteiger charge is -2.05. The Kier molecular flexibility index (Phi) is 6.66. The lowest BCUT2D eigenvalue weighted by atomic mass is 10.0. The van der Waals surface area contributed by atoms with Gasteiger partial charge >= 0.3 is 18.1 Å². The van der Waals surface area contributed by atoms with Crippen LogP contribution >= 0.6 is 0 Å². The molecule has 2 aromatic heterocycles. The van der Waals surface area contributed by atoms with Crippen LogP contribution in [0.2, 0.25) is 0 Å². The topological polar surface area (TPSA) is 96.3 Å². The summed E-state index contributed by atoms with van der Waals surface area (Å²) in [4.78, 5) is 23.9. The second-order valence-corrected chi connectivity index (χ2v) is 5.17. The third-order valence-corrected chi connectivity index (χ3v) is 3.26. The molecule has 0 aliphatic heterocycles. The number of imidazole rings is 1. The van der Waals surface area contributed by atoms with Gasteiger partial charge in [-0.1, -0.05) is 0 Å². The number of hydrogen-bond donors (Lipinski definition) is 2. The standard InChI is InChI=1S/C13H15N3O2.C2HF3O2/c1-10(13(17)18)11-4-3-5-16(7-11)8-12-6-14-9-15(12)2;3-2(4,5)1(6)7/h3-7,9-10H,8H2,1-2H3;(H,6,7)/p+1. The van der Waals surface area contributed by atoms with Gasteiger partial charge in [-0.2, -0.15) is 17.7 Å². The third kappa shape index (κ3) is 6.24. The average Bonchev–Trinajstić information content (AvgIpc) is 2.91. The van der Waals surface area contributed by atoms with Gasteiger partial charge in [-0.15, -0.1) is 0 Å². The summed E-state index contributed by atoms with van der Waals surface area (Å²) in [5.41, 5.74) is 1.87. The molecule has 7 nitrogen and oxygen atoms in total. The molecule has 10 heteroatoms. The Morgan fingerprint density at radius 1 is 1.36 bits per heavy atom. The van der Waals surface area contributed by atoms with E-state index in [-0.39, 0.29) is 0 Å². The first-order valence-electron chi connectivity index (χ1n) is 6.99. The molecule has 2 heterocycles. The van der Waals surface area contributed by atoms with E-state index in [1.807, 2.05) is 40.7 Å². The molecule has 0 radical (unpaired) electrons. The van der Waals surface area contributed by atoms with Crippen molar-refractivity contribution in [3.05, 3.63) is 48.3 Å². The minimum atomic E-state index is -5.08. The summed E-state index contributed by atoms with van der Waals surface area (Å²) >= 11 is 0. The molecule has 0 amide bonds. The average molecular weight is 360 g/mol. The van der Waals surface area contributed by atoms with E-state index in [1.54, 1.807) is 19.4 Å². The smallest absolute Gasteiger partial charge is 0.481 e. The Morgan fingerprint density at radius 2 is 1.96 bits per heavy atom. The molecule has 0 spiro atoms. The van der Waals surface area contributed by atoms with Gasteiger partial charge in [0.25, 0.3) is 0 Å². The monoisotopic (exact) mass is 360 g/mol. The molecule has 136 valence electrons. The summed E-state index contributed by atoms with van der Waals surface area (Å²) in [6.07, 6.45) is 2.26. The minimum Gasteiger partial charge on any atom is -0.481 e. The van der Waals surface area contributed by atoms with E-state index in [1.165, 1.54) is 0 Å². The Balaban J connectivity index is 0.000000381. The van der Waals surface area contributed by atoms with Gasteiger partial charge in [-0.05, 0) is 13.0 Å². The van der Waals surface area contributed by atoms with Crippen molar-refractivity contribution in [1.29, 1.82) is 0 Å². The van der Waals surface area contributed by atoms with Crippen LogP contribution in [0.4, 0.5) is 13.2 Å². The van der Waals surface area contributed by atoms with E-state index in [4.69, 9.17) is 15.0 Å². The first-order valence-corrected chi connectivity index (χ1v) is 6.99. The second kappa shape index (κ2) is 8.27. The molecule has 0 aliphatic carbocycles. The molecule has 0 aromatic carbocycles. The van der Waals surface area contributed by atoms with E-state index in [2.05, 4.69) is 4.98 Å². The van der Waals surface area contributed by atoms with E-state index in [9.17, 15) is 18.0 Å². The molecule has 1 atom stereocenters. The summed E-state index contributed by atoms with van der Waals surface area (Å²) in [5, 5.41) is 16.1. The highest BCUT2D eigenvalue weighted by molar-refractivity contribution is 5.75. The number of nitrogens with zero attached hydrogens (tertiary/aromatic N) is 3. The highest BCUT2D eigenvalue weighted by Gasteiger charge is 2.38. The summed E-state index contributed by atoms with van der Waals surface area (Å²) in [6, 6.07) is 3.70. The van der Waals surface area contributed by atoms with Crippen LogP contribution in [0, 0.1) is 0 Å². The summed E-state index contributed by atoms with van der Waals surface area (Å²) in [5.74, 6) is -4.07. The highest BCUT2D eigenvalue weighted by atomic mass is 19.4. The van der Waals surface area contributed by atoms with Crippen molar-refractivity contribution in [1.82, 2.24) is 9.55 Å². The molecule has 2 N–H and O–H groups in total. The van der Waals surface area contributed by atoms with Crippen molar-refractivity contribution >= 4 is 11.9 Å². The number of hydrogen-bond acceptors (Lipinski definition) is 3. The maximum atomic E-state index is 11.0. The number of aliphatic carboxylic acids is 2. The Morgan fingerprint density at radius 3 is 2.40 bits per heavy atom. The van der Waals surface area contributed by atoms with Gasteiger partial charge in [0, 0.05) is 18.7 Å². The predicted octanol–water partition coefficient (Wildman–Crippen LogP) is 1.58. The van der Waals surface area contributed by atoms with E-state index >= 15 is 0 Å². The van der Waals surface area contributed by atoms with E-state index in [0.717, 1.165) is 11.3 Å². The Labute approximate surface area is 141 Å². The van der Waals surface area contributed by atoms with E-state index in [0.29, 0.717) is 6.54 Å². The summed E-state index contributed by atoms with van der Waals surface area (Å²) < 4.78 is 35.6. The maximum Gasteiger partial charge on any atom is 0.490 e. The van der Waals surface area contributed by atoms with Gasteiger partial charge in [0.2, 0.25) is 0 Å². The molecule has 0 saturated heterocycles. The van der Waals surface area contributed by atoms with Crippen LogP contribution in [0.5, 0.6) is 0 Å². The van der Waals surface area contributed by atoms with Crippen molar-refractivity contribution < 1.29 is 37.5 Å². The number of carbonyl (C=O) groups is 2. The predicted molar refractivity (Wildman–Crippen MR) is 78.7 cm³/mol. The Bertz CT molecular complexity index is 744. The van der Waals surface area contributed by atoms with Gasteiger partial charge in [-0.25, -0.2) is 9.78 Å². The lowest BCUT2D eigenvalue weighted by molar-refractivity contribution is -0.689. The molecule has 0 aliphatic rings. The zero-order valence-electron chi connectivity index (χ0n) is 13.4. The number of aryl methyl sites for hydroxylation is 1. The third-order valence-electron chi connectivity index (χ3n) is 3.26. The number of rotatable bonds is 4. The molecule has 2 aromatic rings. The molecular formula is C15H17F3N3O4+. The van der Waals surface area contributed by atoms with Gasteiger partial charge < -0.3 is 14.8 Å². The number of carboxylic acid groups (broad SMARTS) is 2. The minimum absolute atomic E-state index is 0.496. The highest BCUT2D eigenvalue weighted by Crippen LogP contribution is 2.13. The largest absolute Gasteiger partial charge is 0.490 e. The molecule has 0 fully saturated rings. The zero-order valence-corrected chi connectivity index (χ0v) is 13.4. The van der Waals surface area contributed by atoms with Crippen molar-refractivity contribution in [3.63, 3.8) is 0 Å². The van der Waals surface area contributed by atoms with Crippen LogP contribution in [0.15, 0.2) is 37.1 Å². The zero-order chi connectivity index (χ0) is 19.2. The van der Waals surface area contributed by atoms with Gasteiger partial charge in [0.05, 0.1) is 18.4 Å². The number of carboxylic acids is 2. The molecule has 2 rings (SSSR count). The normalized spacial score (nSPS) is 12.0. The molecular weight excluding hydrogens is 343 g/mol. The molecule has 0 saturated carbocycles. The van der Waals surface area contributed by atoms with Crippen molar-refractivity contribution in [3.8, 4) is 0 Å². The SMILES string of the molecule is CC(C(=O)O)c1ccc[n+](Cc2cncn2C)c1.O=C(O)C(F)(F)F. The molecule has 1 unspecified atom stereocenters. The molecule has 25 heavy (non-hydrogen) atoms. The lowest BCUT2D eigenvalue weighted by Crippen LogP contribution is -2.35. The fourth-order valence-electron chi connectivity index (χ4n) is 1.76. The fourth-order valence-corrected chi connectivity index (χ4v) is 1.76. The van der Waals surface area contributed by atoms with E-state index < -0.39 is 24.0 Å². The van der Waals surface area contributed by atoms with Crippen molar-refractivity contribution in [2.45, 2.75) is 25.6 Å². The molecule has 0 bridgehead atoms. The maximum absolute atomic E-state index is 11.0.